The van der Waals surface area contributed by atoms with E-state index in [1.54, 1.807) is 0 Å². The molecule has 4 heteroatoms. The van der Waals surface area contributed by atoms with E-state index in [1.807, 2.05) is 32.0 Å². The minimum Gasteiger partial charge on any atom is -0.336 e. The van der Waals surface area contributed by atoms with Crippen LogP contribution in [0, 0.1) is 24.2 Å². The molecule has 0 fully saturated rings. The number of nitriles is 1. The molecule has 0 saturated carbocycles. The third-order valence-electron chi connectivity index (χ3n) is 10.3. The number of aromatic nitrogens is 2. The Morgan fingerprint density at radius 3 is 2.35 bits per heavy atom. The van der Waals surface area contributed by atoms with Crippen molar-refractivity contribution in [2.75, 3.05) is 11.4 Å². The smallest absolute Gasteiger partial charge is 0.133 e. The van der Waals surface area contributed by atoms with Crippen LogP contribution in [0.15, 0.2) is 133 Å². The summed E-state index contributed by atoms with van der Waals surface area (Å²) in [7, 11) is 0. The maximum atomic E-state index is 9.88. The number of anilines is 2. The first-order valence-corrected chi connectivity index (χ1v) is 19.1. The van der Waals surface area contributed by atoms with Gasteiger partial charge in [-0.15, -0.1) is 12.8 Å². The molecule has 1 aromatic heterocycles. The van der Waals surface area contributed by atoms with E-state index < -0.39 is 0 Å². The van der Waals surface area contributed by atoms with E-state index >= 15 is 0 Å². The fourth-order valence-electron chi connectivity index (χ4n) is 8.03. The number of allylic oxidation sites excluding steroid dienone is 5. The molecule has 0 amide bonds. The van der Waals surface area contributed by atoms with E-state index in [0.29, 0.717) is 12.0 Å². The van der Waals surface area contributed by atoms with Crippen LogP contribution in [0.5, 0.6) is 0 Å². The maximum absolute atomic E-state index is 9.88. The Morgan fingerprint density at radius 2 is 1.56 bits per heavy atom. The maximum Gasteiger partial charge on any atom is 0.133 e. The summed E-state index contributed by atoms with van der Waals surface area (Å²) in [5.41, 5.74) is 17.6. The average molecular weight is 713 g/mol. The predicted molar refractivity (Wildman–Crippen MR) is 231 cm³/mol. The first kappa shape index (κ1) is 36.6. The second kappa shape index (κ2) is 16.5. The van der Waals surface area contributed by atoms with E-state index in [-0.39, 0.29) is 0 Å². The summed E-state index contributed by atoms with van der Waals surface area (Å²) in [5, 5.41) is 11.0. The summed E-state index contributed by atoms with van der Waals surface area (Å²) in [5.74, 6) is 0.809. The fourth-order valence-corrected chi connectivity index (χ4v) is 8.03. The van der Waals surface area contributed by atoms with Gasteiger partial charge in [-0.25, -0.2) is 9.97 Å². The molecule has 5 aromatic carbocycles. The molecule has 9 rings (SSSR count). The van der Waals surface area contributed by atoms with Crippen molar-refractivity contribution in [2.24, 2.45) is 0 Å². The highest BCUT2D eigenvalue weighted by Crippen LogP contribution is 2.52. The highest BCUT2D eigenvalue weighted by atomic mass is 15.2. The Hall–Kier alpha value is -6.75. The van der Waals surface area contributed by atoms with Gasteiger partial charge in [-0.3, -0.25) is 0 Å². The summed E-state index contributed by atoms with van der Waals surface area (Å²) in [4.78, 5) is 12.8. The van der Waals surface area contributed by atoms with Crippen molar-refractivity contribution in [2.45, 2.75) is 46.5 Å². The van der Waals surface area contributed by atoms with E-state index in [2.05, 4.69) is 152 Å². The number of para-hydroxylation sites is 1. The Bertz CT molecular complexity index is 2580. The van der Waals surface area contributed by atoms with E-state index in [1.165, 1.54) is 61.3 Å². The monoisotopic (exact) mass is 712 g/mol. The van der Waals surface area contributed by atoms with Crippen molar-refractivity contribution >= 4 is 40.0 Å². The number of terminal acetylenes is 1. The molecular weight excluding hydrogens is 669 g/mol. The lowest BCUT2D eigenvalue weighted by Crippen LogP contribution is -2.16. The highest BCUT2D eigenvalue weighted by Gasteiger charge is 2.35. The van der Waals surface area contributed by atoms with Crippen LogP contribution in [0.4, 0.5) is 11.4 Å². The Balaban J connectivity index is 0.00000113. The first-order valence-electron chi connectivity index (χ1n) is 19.1. The van der Waals surface area contributed by atoms with Gasteiger partial charge in [0.05, 0.1) is 28.5 Å². The van der Waals surface area contributed by atoms with Gasteiger partial charge in [0.1, 0.15) is 5.82 Å². The Labute approximate surface area is 325 Å². The molecule has 0 radical (unpaired) electrons. The van der Waals surface area contributed by atoms with Crippen molar-refractivity contribution in [1.29, 1.82) is 5.26 Å². The molecule has 0 bridgehead atoms. The van der Waals surface area contributed by atoms with Gasteiger partial charge in [0.15, 0.2) is 0 Å². The Morgan fingerprint density at radius 1 is 0.800 bits per heavy atom. The van der Waals surface area contributed by atoms with Crippen LogP contribution < -0.4 is 4.90 Å². The van der Waals surface area contributed by atoms with Gasteiger partial charge in [0, 0.05) is 36.0 Å². The van der Waals surface area contributed by atoms with Crippen molar-refractivity contribution < 1.29 is 0 Å². The van der Waals surface area contributed by atoms with Crippen molar-refractivity contribution in [3.63, 3.8) is 0 Å². The number of hydrogen-bond donors (Lipinski definition) is 0. The molecule has 2 heterocycles. The standard InChI is InChI=1S/C47H36N4.C2H6.C2H2/c1-2-12-35-26-37-25-33-16-7-4-8-17-34(33)27-41(37)39-22-21-36(47-46(39)42(35)30-51(47)38-18-11-15-32(23-38)29-48)28-45-49-43-20-10-9-19-40(43)44(50-45)24-31-13-5-3-6-14-31;2*1-2/h2-3,5-23,25,27H,4,24,26,28,30H2,1H3;1-2H3;1-2H/b12-2-;;. The molecule has 3 aliphatic rings. The van der Waals surface area contributed by atoms with Crippen LogP contribution in [0.1, 0.15) is 77.7 Å². The van der Waals surface area contributed by atoms with Crippen LogP contribution in [0.25, 0.3) is 39.8 Å². The number of fused-ring (bicyclic) bond motifs is 4. The lowest BCUT2D eigenvalue weighted by atomic mass is 9.89. The summed E-state index contributed by atoms with van der Waals surface area (Å²) in [6.45, 7) is 6.83. The van der Waals surface area contributed by atoms with Crippen LogP contribution >= 0.6 is 0 Å². The van der Waals surface area contributed by atoms with E-state index in [4.69, 9.17) is 9.97 Å². The van der Waals surface area contributed by atoms with Crippen molar-refractivity contribution in [1.82, 2.24) is 9.97 Å². The number of rotatable bonds is 6. The topological polar surface area (TPSA) is 52.8 Å². The fraction of sp³-hybridized carbons (Fsp3) is 0.157. The zero-order valence-corrected chi connectivity index (χ0v) is 31.8. The molecule has 0 atom stereocenters. The average Bonchev–Trinajstić information content (AvgIpc) is 3.42. The predicted octanol–water partition coefficient (Wildman–Crippen LogP) is 12.1. The van der Waals surface area contributed by atoms with Gasteiger partial charge < -0.3 is 4.90 Å². The van der Waals surface area contributed by atoms with Gasteiger partial charge in [0.2, 0.25) is 0 Å². The molecule has 268 valence electrons. The molecule has 0 N–H and O–H groups in total. The third kappa shape index (κ3) is 7.16. The molecule has 2 aliphatic carbocycles. The minimum atomic E-state index is 0.584. The quantitative estimate of drug-likeness (QED) is 0.161. The lowest BCUT2D eigenvalue weighted by molar-refractivity contribution is 0.941. The molecular formula is C51H44N4. The second-order valence-corrected chi connectivity index (χ2v) is 13.5. The molecule has 55 heavy (non-hydrogen) atoms. The SMILES string of the molecule is C#C.C/C=C\C1=C2CN(c3cccc(C#N)c3)c3c(Cc4nc(Cc5ccccc5)c5ccccc5n4)ccc(c32)-c2cc3c(cc2C1)C=CCC=C3.CC. The second-order valence-electron chi connectivity index (χ2n) is 13.5. The van der Waals surface area contributed by atoms with Crippen LogP contribution in [0.3, 0.4) is 0 Å². The zero-order chi connectivity index (χ0) is 38.3. The summed E-state index contributed by atoms with van der Waals surface area (Å²) >= 11 is 0. The van der Waals surface area contributed by atoms with Gasteiger partial charge in [-0.1, -0.05) is 123 Å². The molecule has 0 unspecified atom stereocenters. The molecule has 6 aromatic rings. The number of hydrogen-bond acceptors (Lipinski definition) is 4. The van der Waals surface area contributed by atoms with Gasteiger partial charge in [0.25, 0.3) is 0 Å². The molecule has 0 saturated heterocycles. The van der Waals surface area contributed by atoms with Crippen LogP contribution in [0.2, 0.25) is 0 Å². The largest absolute Gasteiger partial charge is 0.336 e. The molecule has 4 nitrogen and oxygen atoms in total. The van der Waals surface area contributed by atoms with Gasteiger partial charge in [-0.05, 0) is 100 Å². The number of benzene rings is 5. The summed E-state index contributed by atoms with van der Waals surface area (Å²) in [6, 6.07) is 38.7. The minimum absolute atomic E-state index is 0.584. The molecule has 1 aliphatic heterocycles. The van der Waals surface area contributed by atoms with Crippen LogP contribution in [-0.2, 0) is 19.3 Å². The van der Waals surface area contributed by atoms with Crippen molar-refractivity contribution in [3.05, 3.63) is 183 Å². The van der Waals surface area contributed by atoms with Crippen molar-refractivity contribution in [3.8, 4) is 30.0 Å². The number of nitrogens with zero attached hydrogens (tertiary/aromatic N) is 4. The van der Waals surface area contributed by atoms with E-state index in [9.17, 15) is 5.26 Å². The molecule has 0 spiro atoms. The normalized spacial score (nSPS) is 13.4. The van der Waals surface area contributed by atoms with Crippen LogP contribution in [-0.4, -0.2) is 16.5 Å². The summed E-state index contributed by atoms with van der Waals surface area (Å²) < 4.78 is 0. The first-order chi connectivity index (χ1) is 27.2. The van der Waals surface area contributed by atoms with Gasteiger partial charge >= 0.3 is 0 Å². The zero-order valence-electron chi connectivity index (χ0n) is 31.8. The van der Waals surface area contributed by atoms with E-state index in [0.717, 1.165) is 53.9 Å². The third-order valence-corrected chi connectivity index (χ3v) is 10.3. The summed E-state index contributed by atoms with van der Waals surface area (Å²) in [6.07, 6.45) is 24.6. The van der Waals surface area contributed by atoms with Gasteiger partial charge in [-0.2, -0.15) is 5.26 Å². The highest BCUT2D eigenvalue weighted by molar-refractivity contribution is 6.02. The Kier molecular flexibility index (Phi) is 11.0. The lowest BCUT2D eigenvalue weighted by Gasteiger charge is -2.24.